The first-order valence-electron chi connectivity index (χ1n) is 7.79. The quantitative estimate of drug-likeness (QED) is 0.853. The molecule has 0 amide bonds. The molecule has 0 radical (unpaired) electrons. The number of benzene rings is 1. The number of piperidine rings is 1. The monoisotopic (exact) mass is 340 g/mol. The molecule has 0 spiro atoms. The van der Waals surface area contributed by atoms with E-state index >= 15 is 0 Å². The number of hydrogen-bond acceptors (Lipinski definition) is 4. The first-order valence-corrected chi connectivity index (χ1v) is 9.23. The fraction of sp³-hybridized carbons (Fsp3) is 0.562. The van der Waals surface area contributed by atoms with Crippen LogP contribution in [0.4, 0.5) is 0 Å². The van der Waals surface area contributed by atoms with Crippen molar-refractivity contribution in [3.05, 3.63) is 29.8 Å². The highest BCUT2D eigenvalue weighted by atomic mass is 32.2. The van der Waals surface area contributed by atoms with E-state index in [-0.39, 0.29) is 10.5 Å². The molecule has 0 aromatic heterocycles. The topological polar surface area (TPSA) is 77.9 Å². The van der Waals surface area contributed by atoms with Crippen LogP contribution in [0.25, 0.3) is 0 Å². The summed E-state index contributed by atoms with van der Waals surface area (Å²) in [6.07, 6.45) is 2.84. The number of carbonyl (C=O) groups is 1. The molecule has 1 fully saturated rings. The van der Waals surface area contributed by atoms with Crippen molar-refractivity contribution in [2.45, 2.75) is 24.2 Å². The molecule has 0 atom stereocenters. The second-order valence-electron chi connectivity index (χ2n) is 6.27. The normalized spacial score (nSPS) is 17.5. The molecule has 7 heteroatoms. The zero-order valence-electron chi connectivity index (χ0n) is 13.6. The summed E-state index contributed by atoms with van der Waals surface area (Å²) in [7, 11) is 0.555. The van der Waals surface area contributed by atoms with Gasteiger partial charge in [0.15, 0.2) is 0 Å². The van der Waals surface area contributed by atoms with E-state index in [1.54, 1.807) is 0 Å². The lowest BCUT2D eigenvalue weighted by Crippen LogP contribution is -2.39. The van der Waals surface area contributed by atoms with Crippen LogP contribution in [-0.4, -0.2) is 62.4 Å². The molecule has 0 aliphatic carbocycles. The predicted octanol–water partition coefficient (Wildman–Crippen LogP) is 1.74. The first kappa shape index (κ1) is 17.9. The van der Waals surface area contributed by atoms with Gasteiger partial charge >= 0.3 is 5.97 Å². The minimum absolute atomic E-state index is 0.0892. The van der Waals surface area contributed by atoms with Crippen molar-refractivity contribution in [2.75, 3.05) is 33.7 Å². The Bertz CT molecular complexity index is 633. The summed E-state index contributed by atoms with van der Waals surface area (Å²) < 4.78 is 26.7. The number of hydrogen-bond donors (Lipinski definition) is 1. The fourth-order valence-electron chi connectivity index (χ4n) is 2.80. The Hall–Kier alpha value is -1.44. The molecule has 1 N–H and O–H groups in total. The SMILES string of the molecule is CN(C)CCC1CCN(S(=O)(=O)c2ccc(C(=O)O)cc2)CC1. The average molecular weight is 340 g/mol. The van der Waals surface area contributed by atoms with Gasteiger partial charge in [-0.2, -0.15) is 4.31 Å². The van der Waals surface area contributed by atoms with Crippen molar-refractivity contribution in [1.82, 2.24) is 9.21 Å². The van der Waals surface area contributed by atoms with Gasteiger partial charge in [-0.15, -0.1) is 0 Å². The van der Waals surface area contributed by atoms with Gasteiger partial charge in [0, 0.05) is 13.1 Å². The zero-order chi connectivity index (χ0) is 17.0. The van der Waals surface area contributed by atoms with Gasteiger partial charge < -0.3 is 10.0 Å². The predicted molar refractivity (Wildman–Crippen MR) is 88.1 cm³/mol. The highest BCUT2D eigenvalue weighted by Gasteiger charge is 2.29. The Kier molecular flexibility index (Phi) is 5.78. The highest BCUT2D eigenvalue weighted by molar-refractivity contribution is 7.89. The maximum absolute atomic E-state index is 12.6. The second kappa shape index (κ2) is 7.42. The largest absolute Gasteiger partial charge is 0.478 e. The number of carboxylic acid groups (broad SMARTS) is 1. The number of carboxylic acids is 1. The number of nitrogens with zero attached hydrogens (tertiary/aromatic N) is 2. The molecule has 1 aliphatic rings. The third-order valence-corrected chi connectivity index (χ3v) is 6.21. The van der Waals surface area contributed by atoms with Crippen LogP contribution in [0.3, 0.4) is 0 Å². The second-order valence-corrected chi connectivity index (χ2v) is 8.21. The molecular formula is C16H24N2O4S. The minimum atomic E-state index is -3.53. The Labute approximate surface area is 137 Å². The van der Waals surface area contributed by atoms with Crippen molar-refractivity contribution in [1.29, 1.82) is 0 Å². The molecular weight excluding hydrogens is 316 g/mol. The van der Waals surface area contributed by atoms with E-state index in [0.29, 0.717) is 19.0 Å². The van der Waals surface area contributed by atoms with Crippen molar-refractivity contribution in [3.8, 4) is 0 Å². The standard InChI is InChI=1S/C16H24N2O4S/c1-17(2)10-7-13-8-11-18(12-9-13)23(21,22)15-5-3-14(4-6-15)16(19)20/h3-6,13H,7-12H2,1-2H3,(H,19,20). The van der Waals surface area contributed by atoms with Crippen LogP contribution in [0.2, 0.25) is 0 Å². The summed E-state index contributed by atoms with van der Waals surface area (Å²) in [5.41, 5.74) is 0.0892. The van der Waals surface area contributed by atoms with Crippen LogP contribution in [0.15, 0.2) is 29.2 Å². The van der Waals surface area contributed by atoms with Gasteiger partial charge in [0.1, 0.15) is 0 Å². The van der Waals surface area contributed by atoms with Gasteiger partial charge in [-0.3, -0.25) is 0 Å². The molecule has 1 aromatic rings. The molecule has 0 bridgehead atoms. The van der Waals surface area contributed by atoms with Crippen LogP contribution in [-0.2, 0) is 10.0 Å². The average Bonchev–Trinajstić information content (AvgIpc) is 2.53. The van der Waals surface area contributed by atoms with Crippen LogP contribution in [0.1, 0.15) is 29.6 Å². The van der Waals surface area contributed by atoms with E-state index in [1.807, 2.05) is 14.1 Å². The summed E-state index contributed by atoms with van der Waals surface area (Å²) in [6, 6.07) is 5.41. The lowest BCUT2D eigenvalue weighted by atomic mass is 9.94. The van der Waals surface area contributed by atoms with Crippen LogP contribution in [0, 0.1) is 5.92 Å². The molecule has 128 valence electrons. The van der Waals surface area contributed by atoms with E-state index in [9.17, 15) is 13.2 Å². The van der Waals surface area contributed by atoms with Crippen LogP contribution in [0.5, 0.6) is 0 Å². The molecule has 2 rings (SSSR count). The molecule has 1 aromatic carbocycles. The van der Waals surface area contributed by atoms with E-state index in [0.717, 1.165) is 25.8 Å². The van der Waals surface area contributed by atoms with E-state index in [2.05, 4.69) is 4.90 Å². The highest BCUT2D eigenvalue weighted by Crippen LogP contribution is 2.25. The van der Waals surface area contributed by atoms with Crippen LogP contribution < -0.4 is 0 Å². The molecule has 1 heterocycles. The first-order chi connectivity index (χ1) is 10.8. The summed E-state index contributed by atoms with van der Waals surface area (Å²) in [4.78, 5) is 13.2. The Morgan fingerprint density at radius 2 is 1.78 bits per heavy atom. The zero-order valence-corrected chi connectivity index (χ0v) is 14.4. The molecule has 0 unspecified atom stereocenters. The third kappa shape index (κ3) is 4.53. The summed E-state index contributed by atoms with van der Waals surface area (Å²) >= 11 is 0. The lowest BCUT2D eigenvalue weighted by molar-refractivity contribution is 0.0696. The van der Waals surface area contributed by atoms with E-state index in [1.165, 1.54) is 28.6 Å². The molecule has 6 nitrogen and oxygen atoms in total. The fourth-order valence-corrected chi connectivity index (χ4v) is 4.27. The van der Waals surface area contributed by atoms with E-state index in [4.69, 9.17) is 5.11 Å². The van der Waals surface area contributed by atoms with Crippen molar-refractivity contribution in [3.63, 3.8) is 0 Å². The minimum Gasteiger partial charge on any atom is -0.478 e. The third-order valence-electron chi connectivity index (χ3n) is 4.30. The molecule has 0 saturated carbocycles. The van der Waals surface area contributed by atoms with Crippen molar-refractivity contribution in [2.24, 2.45) is 5.92 Å². The molecule has 1 aliphatic heterocycles. The maximum atomic E-state index is 12.6. The summed E-state index contributed by atoms with van der Waals surface area (Å²) in [5, 5.41) is 8.88. The Balaban J connectivity index is 2.00. The Morgan fingerprint density at radius 1 is 1.22 bits per heavy atom. The Morgan fingerprint density at radius 3 is 2.26 bits per heavy atom. The van der Waals surface area contributed by atoms with Gasteiger partial charge in [0.25, 0.3) is 0 Å². The number of sulfonamides is 1. The smallest absolute Gasteiger partial charge is 0.335 e. The number of rotatable bonds is 6. The lowest BCUT2D eigenvalue weighted by Gasteiger charge is -2.31. The number of aromatic carboxylic acids is 1. The van der Waals surface area contributed by atoms with Gasteiger partial charge in [0.05, 0.1) is 10.5 Å². The summed E-state index contributed by atoms with van der Waals surface area (Å²) in [6.45, 7) is 2.08. The van der Waals surface area contributed by atoms with E-state index < -0.39 is 16.0 Å². The van der Waals surface area contributed by atoms with Gasteiger partial charge in [0.2, 0.25) is 10.0 Å². The molecule has 23 heavy (non-hydrogen) atoms. The van der Waals surface area contributed by atoms with Crippen molar-refractivity contribution < 1.29 is 18.3 Å². The maximum Gasteiger partial charge on any atom is 0.335 e. The van der Waals surface area contributed by atoms with Gasteiger partial charge in [-0.05, 0) is 70.1 Å². The van der Waals surface area contributed by atoms with Gasteiger partial charge in [-0.25, -0.2) is 13.2 Å². The van der Waals surface area contributed by atoms with Gasteiger partial charge in [-0.1, -0.05) is 0 Å². The van der Waals surface area contributed by atoms with Crippen molar-refractivity contribution >= 4 is 16.0 Å². The van der Waals surface area contributed by atoms with Crippen LogP contribution >= 0.6 is 0 Å². The molecule has 1 saturated heterocycles. The summed E-state index contributed by atoms with van der Waals surface area (Å²) in [5.74, 6) is -0.492.